The van der Waals surface area contributed by atoms with E-state index in [1.165, 1.54) is 6.20 Å². The molecule has 2 aliphatic rings. The minimum absolute atomic E-state index is 0.0886. The molecule has 1 saturated heterocycles. The molecule has 158 valence electrons. The van der Waals surface area contributed by atoms with Gasteiger partial charge in [-0.3, -0.25) is 9.58 Å². The first-order valence-corrected chi connectivity index (χ1v) is 10.0. The van der Waals surface area contributed by atoms with Gasteiger partial charge in [-0.1, -0.05) is 11.6 Å². The van der Waals surface area contributed by atoms with Gasteiger partial charge in [-0.05, 0) is 13.8 Å². The zero-order valence-electron chi connectivity index (χ0n) is 16.4. The van der Waals surface area contributed by atoms with Crippen LogP contribution in [-0.4, -0.2) is 62.9 Å². The Labute approximate surface area is 172 Å². The number of alkyl halides is 2. The standard InChI is InChI=1S/C18H24ClF2N7O/c1-11-3-8-29-16-14(24-17-22-9-13(19)15(23-11)25-17)12(2)28(26-16)7-6-27-5-4-18(20,21)10-27/h9,11H,3-8,10H2,1-2H3,(H2,22,23,24,25). The molecule has 2 aromatic rings. The van der Waals surface area contributed by atoms with Crippen LogP contribution in [0.3, 0.4) is 0 Å². The third kappa shape index (κ3) is 4.53. The third-order valence-corrected chi connectivity index (χ3v) is 5.48. The predicted molar refractivity (Wildman–Crippen MR) is 106 cm³/mol. The molecule has 29 heavy (non-hydrogen) atoms. The number of nitrogens with zero attached hydrogens (tertiary/aromatic N) is 5. The van der Waals surface area contributed by atoms with Crippen LogP contribution in [0.4, 0.5) is 26.2 Å². The quantitative estimate of drug-likeness (QED) is 0.777. The molecule has 4 rings (SSSR count). The van der Waals surface area contributed by atoms with Gasteiger partial charge in [-0.25, -0.2) is 13.8 Å². The summed E-state index contributed by atoms with van der Waals surface area (Å²) in [6.07, 6.45) is 2.18. The van der Waals surface area contributed by atoms with Crippen molar-refractivity contribution in [2.45, 2.75) is 45.2 Å². The van der Waals surface area contributed by atoms with Crippen molar-refractivity contribution in [3.05, 3.63) is 16.9 Å². The Balaban J connectivity index is 1.56. The molecule has 0 radical (unpaired) electrons. The number of hydrogen-bond acceptors (Lipinski definition) is 7. The number of aromatic nitrogens is 4. The summed E-state index contributed by atoms with van der Waals surface area (Å²) < 4.78 is 34.5. The summed E-state index contributed by atoms with van der Waals surface area (Å²) in [6, 6.07) is 0.0943. The Morgan fingerprint density at radius 3 is 2.97 bits per heavy atom. The first-order valence-electron chi connectivity index (χ1n) is 9.67. The second-order valence-corrected chi connectivity index (χ2v) is 7.98. The van der Waals surface area contributed by atoms with Gasteiger partial charge < -0.3 is 15.4 Å². The number of hydrogen-bond donors (Lipinski definition) is 2. The average Bonchev–Trinajstić information content (AvgIpc) is 3.15. The number of likely N-dealkylation sites (tertiary alicyclic amines) is 1. The number of anilines is 3. The maximum Gasteiger partial charge on any atom is 0.261 e. The molecular weight excluding hydrogens is 404 g/mol. The Hall–Kier alpha value is -2.20. The van der Waals surface area contributed by atoms with E-state index in [-0.39, 0.29) is 19.0 Å². The van der Waals surface area contributed by atoms with E-state index < -0.39 is 5.92 Å². The van der Waals surface area contributed by atoms with Gasteiger partial charge in [0.25, 0.3) is 11.8 Å². The molecule has 0 amide bonds. The molecule has 2 N–H and O–H groups in total. The topological polar surface area (TPSA) is 80.1 Å². The van der Waals surface area contributed by atoms with Crippen LogP contribution in [0.25, 0.3) is 0 Å². The van der Waals surface area contributed by atoms with Crippen molar-refractivity contribution in [1.82, 2.24) is 24.6 Å². The van der Waals surface area contributed by atoms with Crippen molar-refractivity contribution < 1.29 is 13.5 Å². The van der Waals surface area contributed by atoms with Gasteiger partial charge in [0.05, 0.1) is 31.6 Å². The molecule has 2 aromatic heterocycles. The van der Waals surface area contributed by atoms with Crippen LogP contribution in [0.5, 0.6) is 5.88 Å². The highest BCUT2D eigenvalue weighted by atomic mass is 35.5. The van der Waals surface area contributed by atoms with Crippen LogP contribution in [0, 0.1) is 6.92 Å². The van der Waals surface area contributed by atoms with Crippen molar-refractivity contribution >= 4 is 29.1 Å². The lowest BCUT2D eigenvalue weighted by atomic mass is 10.2. The van der Waals surface area contributed by atoms with Crippen LogP contribution < -0.4 is 15.4 Å². The van der Waals surface area contributed by atoms with Crippen LogP contribution in [0.2, 0.25) is 5.02 Å². The lowest BCUT2D eigenvalue weighted by Gasteiger charge is -2.16. The molecule has 4 heterocycles. The van der Waals surface area contributed by atoms with E-state index in [4.69, 9.17) is 16.3 Å². The normalized spacial score (nSPS) is 21.5. The molecule has 1 atom stereocenters. The number of halogens is 3. The zero-order valence-corrected chi connectivity index (χ0v) is 17.1. The summed E-state index contributed by atoms with van der Waals surface area (Å²) in [5, 5.41) is 11.4. The molecule has 11 heteroatoms. The number of rotatable bonds is 3. The van der Waals surface area contributed by atoms with E-state index in [0.717, 1.165) is 12.1 Å². The second-order valence-electron chi connectivity index (χ2n) is 7.57. The van der Waals surface area contributed by atoms with E-state index in [1.807, 2.05) is 13.8 Å². The Morgan fingerprint density at radius 2 is 2.21 bits per heavy atom. The zero-order chi connectivity index (χ0) is 20.6. The van der Waals surface area contributed by atoms with Gasteiger partial charge in [0.15, 0.2) is 5.82 Å². The maximum absolute atomic E-state index is 13.4. The van der Waals surface area contributed by atoms with Crippen LogP contribution in [0.1, 0.15) is 25.5 Å². The lowest BCUT2D eigenvalue weighted by Crippen LogP contribution is -2.28. The Morgan fingerprint density at radius 1 is 1.38 bits per heavy atom. The monoisotopic (exact) mass is 427 g/mol. The Bertz CT molecular complexity index is 891. The molecule has 0 spiro atoms. The maximum atomic E-state index is 13.4. The highest BCUT2D eigenvalue weighted by Gasteiger charge is 2.37. The minimum Gasteiger partial charge on any atom is -0.475 e. The summed E-state index contributed by atoms with van der Waals surface area (Å²) >= 11 is 6.19. The number of ether oxygens (including phenoxy) is 1. The van der Waals surface area contributed by atoms with Gasteiger partial charge >= 0.3 is 0 Å². The Kier molecular flexibility index (Phi) is 5.48. The van der Waals surface area contributed by atoms with Crippen molar-refractivity contribution in [3.63, 3.8) is 0 Å². The van der Waals surface area contributed by atoms with Crippen LogP contribution >= 0.6 is 11.6 Å². The van der Waals surface area contributed by atoms with E-state index in [1.54, 1.807) is 9.58 Å². The second kappa shape index (κ2) is 7.91. The van der Waals surface area contributed by atoms with Crippen molar-refractivity contribution in [3.8, 4) is 5.88 Å². The SMILES string of the molecule is Cc1c2c(nn1CCN1CCC(F)(F)C1)OCCC(C)Nc1nc(ncc1Cl)N2. The van der Waals surface area contributed by atoms with Crippen LogP contribution in [-0.2, 0) is 6.54 Å². The molecule has 8 nitrogen and oxygen atoms in total. The van der Waals surface area contributed by atoms with Crippen LogP contribution in [0.15, 0.2) is 6.20 Å². The van der Waals surface area contributed by atoms with E-state index in [0.29, 0.717) is 54.6 Å². The van der Waals surface area contributed by atoms with Gasteiger partial charge in [0.1, 0.15) is 10.7 Å². The van der Waals surface area contributed by atoms with Gasteiger partial charge in [-0.2, -0.15) is 4.98 Å². The highest BCUT2D eigenvalue weighted by molar-refractivity contribution is 6.32. The van der Waals surface area contributed by atoms with E-state index in [2.05, 4.69) is 25.7 Å². The van der Waals surface area contributed by atoms with E-state index >= 15 is 0 Å². The molecule has 1 fully saturated rings. The molecule has 1 unspecified atom stereocenters. The summed E-state index contributed by atoms with van der Waals surface area (Å²) in [7, 11) is 0. The van der Waals surface area contributed by atoms with Crippen molar-refractivity contribution in [1.29, 1.82) is 0 Å². The lowest BCUT2D eigenvalue weighted by molar-refractivity contribution is 0.0119. The third-order valence-electron chi connectivity index (χ3n) is 5.20. The first kappa shape index (κ1) is 20.1. The van der Waals surface area contributed by atoms with Gasteiger partial charge in [-0.15, -0.1) is 5.10 Å². The molecule has 2 bridgehead atoms. The first-order chi connectivity index (χ1) is 13.8. The molecule has 0 aromatic carbocycles. The number of fused-ring (bicyclic) bond motifs is 3. The molecule has 0 saturated carbocycles. The largest absolute Gasteiger partial charge is 0.475 e. The molecule has 0 aliphatic carbocycles. The fraction of sp³-hybridized carbons (Fsp3) is 0.611. The smallest absolute Gasteiger partial charge is 0.261 e. The number of nitrogens with one attached hydrogen (secondary N) is 2. The van der Waals surface area contributed by atoms with Gasteiger partial charge in [0.2, 0.25) is 5.95 Å². The fourth-order valence-electron chi connectivity index (χ4n) is 3.49. The van der Waals surface area contributed by atoms with Gasteiger partial charge in [0, 0.05) is 32.0 Å². The van der Waals surface area contributed by atoms with Crippen molar-refractivity contribution in [2.24, 2.45) is 0 Å². The summed E-state index contributed by atoms with van der Waals surface area (Å²) in [6.45, 7) is 5.56. The summed E-state index contributed by atoms with van der Waals surface area (Å²) in [5.74, 6) is -1.22. The van der Waals surface area contributed by atoms with E-state index in [9.17, 15) is 8.78 Å². The highest BCUT2D eigenvalue weighted by Crippen LogP contribution is 2.32. The fourth-order valence-corrected chi connectivity index (χ4v) is 3.64. The predicted octanol–water partition coefficient (Wildman–Crippen LogP) is 3.30. The average molecular weight is 428 g/mol. The van der Waals surface area contributed by atoms with Crippen molar-refractivity contribution in [2.75, 3.05) is 36.9 Å². The summed E-state index contributed by atoms with van der Waals surface area (Å²) in [4.78, 5) is 10.4. The molecule has 2 aliphatic heterocycles. The molecular formula is C18H24ClF2N7O. The minimum atomic E-state index is -2.59. The summed E-state index contributed by atoms with van der Waals surface area (Å²) in [5.41, 5.74) is 1.49.